The number of piperidine rings is 1. The van der Waals surface area contributed by atoms with Crippen LogP contribution >= 0.6 is 0 Å². The zero-order chi connectivity index (χ0) is 21.7. The maximum atomic E-state index is 5.16. The Morgan fingerprint density at radius 1 is 0.633 bits per heavy atom. The third kappa shape index (κ3) is 13.7. The summed E-state index contributed by atoms with van der Waals surface area (Å²) < 4.78 is 0. The van der Waals surface area contributed by atoms with Gasteiger partial charge in [-0.1, -0.05) is 117 Å². The Hall–Kier alpha value is -0.530. The van der Waals surface area contributed by atoms with Crippen LogP contribution in [0.25, 0.3) is 0 Å². The fourth-order valence-electron chi connectivity index (χ4n) is 4.92. The van der Waals surface area contributed by atoms with Crippen LogP contribution in [0.15, 0.2) is 4.99 Å². The van der Waals surface area contributed by atoms with Crippen LogP contribution in [0, 0.1) is 0 Å². The van der Waals surface area contributed by atoms with Gasteiger partial charge < -0.3 is 4.90 Å². The van der Waals surface area contributed by atoms with Crippen LogP contribution in [0.2, 0.25) is 0 Å². The molecule has 0 aromatic rings. The second-order valence-electron chi connectivity index (χ2n) is 9.78. The highest BCUT2D eigenvalue weighted by Gasteiger charge is 2.24. The van der Waals surface area contributed by atoms with E-state index in [0.717, 1.165) is 12.6 Å². The lowest BCUT2D eigenvalue weighted by Crippen LogP contribution is -2.43. The third-order valence-corrected chi connectivity index (χ3v) is 6.91. The number of amidine groups is 1. The first-order valence-corrected chi connectivity index (χ1v) is 14.1. The van der Waals surface area contributed by atoms with Gasteiger partial charge in [-0.2, -0.15) is 0 Å². The number of hydrogen-bond acceptors (Lipinski definition) is 1. The van der Waals surface area contributed by atoms with Crippen molar-refractivity contribution >= 4 is 5.84 Å². The predicted octanol–water partition coefficient (Wildman–Crippen LogP) is 9.32. The van der Waals surface area contributed by atoms with Gasteiger partial charge in [0.1, 0.15) is 0 Å². The van der Waals surface area contributed by atoms with Crippen molar-refractivity contribution in [3.63, 3.8) is 0 Å². The number of unbranched alkanes of at least 4 members (excludes halogenated alkanes) is 13. The number of likely N-dealkylation sites (tertiary alicyclic amines) is 1. The highest BCUT2D eigenvalue weighted by Crippen LogP contribution is 2.24. The molecule has 0 unspecified atom stereocenters. The van der Waals surface area contributed by atoms with Gasteiger partial charge in [0.15, 0.2) is 0 Å². The maximum Gasteiger partial charge on any atom is 0.0991 e. The lowest BCUT2D eigenvalue weighted by molar-refractivity contribution is 0.243. The van der Waals surface area contributed by atoms with Gasteiger partial charge in [0.25, 0.3) is 0 Å². The van der Waals surface area contributed by atoms with Gasteiger partial charge in [0.05, 0.1) is 5.84 Å². The SMILES string of the molecule is CCCCCCCCN=C1CCCCN1C(CCCCCCC)CCCCCCC. The van der Waals surface area contributed by atoms with Gasteiger partial charge in [-0.3, -0.25) is 4.99 Å². The summed E-state index contributed by atoms with van der Waals surface area (Å²) in [5.41, 5.74) is 0. The third-order valence-electron chi connectivity index (χ3n) is 6.91. The smallest absolute Gasteiger partial charge is 0.0991 e. The van der Waals surface area contributed by atoms with Crippen LogP contribution in [-0.2, 0) is 0 Å². The van der Waals surface area contributed by atoms with E-state index in [1.807, 2.05) is 0 Å². The van der Waals surface area contributed by atoms with E-state index in [1.54, 1.807) is 0 Å². The Balaban J connectivity index is 2.51. The van der Waals surface area contributed by atoms with E-state index in [-0.39, 0.29) is 0 Å². The Morgan fingerprint density at radius 2 is 1.13 bits per heavy atom. The van der Waals surface area contributed by atoms with Crippen molar-refractivity contribution in [3.05, 3.63) is 0 Å². The van der Waals surface area contributed by atoms with E-state index in [2.05, 4.69) is 25.7 Å². The summed E-state index contributed by atoms with van der Waals surface area (Å²) in [4.78, 5) is 7.94. The Bertz CT molecular complexity index is 376. The molecule has 1 rings (SSSR count). The first-order valence-electron chi connectivity index (χ1n) is 14.1. The van der Waals surface area contributed by atoms with E-state index in [4.69, 9.17) is 4.99 Å². The summed E-state index contributed by atoms with van der Waals surface area (Å²) >= 11 is 0. The molecule has 0 saturated carbocycles. The molecule has 0 atom stereocenters. The van der Waals surface area contributed by atoms with Crippen LogP contribution in [0.5, 0.6) is 0 Å². The van der Waals surface area contributed by atoms with Crippen LogP contribution in [0.1, 0.15) is 156 Å². The normalized spacial score (nSPS) is 16.1. The van der Waals surface area contributed by atoms with Crippen LogP contribution in [0.3, 0.4) is 0 Å². The first kappa shape index (κ1) is 27.5. The fraction of sp³-hybridized carbons (Fsp3) is 0.964. The van der Waals surface area contributed by atoms with Gasteiger partial charge in [0.2, 0.25) is 0 Å². The molecular weight excluding hydrogens is 364 g/mol. The average molecular weight is 421 g/mol. The molecule has 0 aromatic carbocycles. The topological polar surface area (TPSA) is 15.6 Å². The molecule has 1 aliphatic rings. The number of rotatable bonds is 20. The standard InChI is InChI=1S/C28H56N2/c1-4-7-10-13-16-20-25-29-28-24-19-21-26-30(28)27(22-17-14-11-8-5-2)23-18-15-12-9-6-3/h27H,4-26H2,1-3H3. The van der Waals surface area contributed by atoms with Crippen molar-refractivity contribution in [2.75, 3.05) is 13.1 Å². The summed E-state index contributed by atoms with van der Waals surface area (Å²) in [6, 6.07) is 0.761. The number of hydrogen-bond donors (Lipinski definition) is 0. The van der Waals surface area contributed by atoms with E-state index in [0.29, 0.717) is 0 Å². The van der Waals surface area contributed by atoms with E-state index < -0.39 is 0 Å². The van der Waals surface area contributed by atoms with E-state index in [1.165, 1.54) is 147 Å². The lowest BCUT2D eigenvalue weighted by atomic mass is 9.96. The highest BCUT2D eigenvalue weighted by molar-refractivity contribution is 5.83. The van der Waals surface area contributed by atoms with Crippen molar-refractivity contribution in [3.8, 4) is 0 Å². The molecule has 1 saturated heterocycles. The number of nitrogens with zero attached hydrogens (tertiary/aromatic N) is 2. The van der Waals surface area contributed by atoms with Gasteiger partial charge >= 0.3 is 0 Å². The largest absolute Gasteiger partial charge is 0.357 e. The second-order valence-corrected chi connectivity index (χ2v) is 9.78. The summed E-state index contributed by atoms with van der Waals surface area (Å²) in [5, 5.41) is 0. The minimum absolute atomic E-state index is 0.761. The van der Waals surface area contributed by atoms with Gasteiger partial charge in [0, 0.05) is 25.6 Å². The molecular formula is C28H56N2. The monoisotopic (exact) mass is 420 g/mol. The zero-order valence-electron chi connectivity index (χ0n) is 21.2. The Kier molecular flexibility index (Phi) is 18.7. The van der Waals surface area contributed by atoms with Crippen LogP contribution in [-0.4, -0.2) is 29.9 Å². The molecule has 0 bridgehead atoms. The molecule has 2 nitrogen and oxygen atoms in total. The van der Waals surface area contributed by atoms with Crippen LogP contribution < -0.4 is 0 Å². The summed E-state index contributed by atoms with van der Waals surface area (Å²) in [7, 11) is 0. The van der Waals surface area contributed by atoms with Crippen molar-refractivity contribution in [2.24, 2.45) is 4.99 Å². The average Bonchev–Trinajstić information content (AvgIpc) is 2.77. The molecule has 30 heavy (non-hydrogen) atoms. The maximum absolute atomic E-state index is 5.16. The van der Waals surface area contributed by atoms with Crippen molar-refractivity contribution < 1.29 is 0 Å². The molecule has 0 aliphatic carbocycles. The van der Waals surface area contributed by atoms with Crippen LogP contribution in [0.4, 0.5) is 0 Å². The van der Waals surface area contributed by atoms with Crippen molar-refractivity contribution in [1.29, 1.82) is 0 Å². The molecule has 0 amide bonds. The second kappa shape index (κ2) is 20.4. The molecule has 178 valence electrons. The lowest BCUT2D eigenvalue weighted by Gasteiger charge is -2.38. The minimum Gasteiger partial charge on any atom is -0.357 e. The quantitative estimate of drug-likeness (QED) is 0.179. The Labute approximate surface area is 190 Å². The van der Waals surface area contributed by atoms with Gasteiger partial charge in [-0.05, 0) is 32.1 Å². The highest BCUT2D eigenvalue weighted by atomic mass is 15.2. The minimum atomic E-state index is 0.761. The van der Waals surface area contributed by atoms with Crippen molar-refractivity contribution in [1.82, 2.24) is 4.90 Å². The van der Waals surface area contributed by atoms with Gasteiger partial charge in [-0.15, -0.1) is 0 Å². The summed E-state index contributed by atoms with van der Waals surface area (Å²) in [6.07, 6.45) is 29.1. The zero-order valence-corrected chi connectivity index (χ0v) is 21.2. The van der Waals surface area contributed by atoms with E-state index in [9.17, 15) is 0 Å². The molecule has 0 N–H and O–H groups in total. The molecule has 1 aliphatic heterocycles. The summed E-state index contributed by atoms with van der Waals surface area (Å²) in [6.45, 7) is 9.27. The molecule has 1 fully saturated rings. The summed E-state index contributed by atoms with van der Waals surface area (Å²) in [5.74, 6) is 1.47. The van der Waals surface area contributed by atoms with Gasteiger partial charge in [-0.25, -0.2) is 0 Å². The molecule has 0 radical (unpaired) electrons. The predicted molar refractivity (Wildman–Crippen MR) is 137 cm³/mol. The number of aliphatic imine (C=N–C) groups is 1. The Morgan fingerprint density at radius 3 is 1.70 bits per heavy atom. The van der Waals surface area contributed by atoms with E-state index >= 15 is 0 Å². The van der Waals surface area contributed by atoms with Crippen molar-refractivity contribution in [2.45, 2.75) is 162 Å². The molecule has 2 heteroatoms. The molecule has 0 spiro atoms. The molecule has 1 heterocycles. The molecule has 0 aromatic heterocycles. The first-order chi connectivity index (χ1) is 14.8. The fourth-order valence-corrected chi connectivity index (χ4v) is 4.92.